The zero-order valence-electron chi connectivity index (χ0n) is 14.8. The predicted octanol–water partition coefficient (Wildman–Crippen LogP) is 5.41. The van der Waals surface area contributed by atoms with Gasteiger partial charge in [0.15, 0.2) is 5.82 Å². The summed E-state index contributed by atoms with van der Waals surface area (Å²) >= 11 is 6.01. The molecule has 0 saturated heterocycles. The van der Waals surface area contributed by atoms with Crippen LogP contribution in [-0.2, 0) is 0 Å². The van der Waals surface area contributed by atoms with Crippen LogP contribution in [0.2, 0.25) is 5.02 Å². The lowest BCUT2D eigenvalue weighted by Gasteiger charge is -2.14. The van der Waals surface area contributed by atoms with Crippen LogP contribution < -0.4 is 5.32 Å². The van der Waals surface area contributed by atoms with Crippen LogP contribution in [-0.4, -0.2) is 16.0 Å². The van der Waals surface area contributed by atoms with Gasteiger partial charge in [0.05, 0.1) is 16.8 Å². The number of benzene rings is 2. The van der Waals surface area contributed by atoms with Crippen molar-refractivity contribution in [1.82, 2.24) is 10.1 Å². The Bertz CT molecular complexity index is 1150. The van der Waals surface area contributed by atoms with Crippen LogP contribution in [0.15, 0.2) is 59.1 Å². The largest absolute Gasteiger partial charge is 0.360 e. The van der Waals surface area contributed by atoms with Crippen molar-refractivity contribution >= 4 is 34.2 Å². The smallest absolute Gasteiger partial charge is 0.257 e. The number of carbonyl (C=O) groups excluding carboxylic acids is 1. The molecule has 1 amide bonds. The van der Waals surface area contributed by atoms with Gasteiger partial charge in [-0.25, -0.2) is 4.98 Å². The number of hydrogen-bond donors (Lipinski definition) is 1. The van der Waals surface area contributed by atoms with Gasteiger partial charge < -0.3 is 9.84 Å². The van der Waals surface area contributed by atoms with Gasteiger partial charge in [-0.1, -0.05) is 47.1 Å². The lowest BCUT2D eigenvalue weighted by Crippen LogP contribution is -2.15. The molecule has 2 heterocycles. The molecule has 27 heavy (non-hydrogen) atoms. The summed E-state index contributed by atoms with van der Waals surface area (Å²) < 4.78 is 5.03. The molecule has 0 aliphatic rings. The number of anilines is 1. The maximum atomic E-state index is 13.1. The van der Waals surface area contributed by atoms with E-state index in [1.54, 1.807) is 13.0 Å². The van der Waals surface area contributed by atoms with Crippen LogP contribution in [0.1, 0.15) is 21.7 Å². The molecule has 0 spiro atoms. The van der Waals surface area contributed by atoms with Crippen molar-refractivity contribution in [3.63, 3.8) is 0 Å². The molecule has 0 bridgehead atoms. The molecule has 0 unspecified atom stereocenters. The van der Waals surface area contributed by atoms with E-state index in [0.29, 0.717) is 22.2 Å². The summed E-state index contributed by atoms with van der Waals surface area (Å²) in [7, 11) is 0. The first-order valence-electron chi connectivity index (χ1n) is 8.43. The summed E-state index contributed by atoms with van der Waals surface area (Å²) in [6.45, 7) is 3.67. The van der Waals surface area contributed by atoms with Crippen molar-refractivity contribution in [3.8, 4) is 11.3 Å². The predicted molar refractivity (Wildman–Crippen MR) is 106 cm³/mol. The van der Waals surface area contributed by atoms with Gasteiger partial charge in [-0.05, 0) is 37.6 Å². The van der Waals surface area contributed by atoms with Crippen molar-refractivity contribution in [1.29, 1.82) is 0 Å². The first-order valence-corrected chi connectivity index (χ1v) is 8.80. The highest BCUT2D eigenvalue weighted by atomic mass is 35.5. The highest BCUT2D eigenvalue weighted by molar-refractivity contribution is 6.30. The van der Waals surface area contributed by atoms with Crippen molar-refractivity contribution in [2.75, 3.05) is 5.32 Å². The fraction of sp³-hybridized carbons (Fsp3) is 0.0952. The monoisotopic (exact) mass is 377 g/mol. The quantitative estimate of drug-likeness (QED) is 0.518. The van der Waals surface area contributed by atoms with E-state index in [2.05, 4.69) is 10.5 Å². The third-order valence-electron chi connectivity index (χ3n) is 4.35. The Morgan fingerprint density at radius 3 is 2.52 bits per heavy atom. The fourth-order valence-electron chi connectivity index (χ4n) is 3.09. The van der Waals surface area contributed by atoms with E-state index in [-0.39, 0.29) is 5.91 Å². The van der Waals surface area contributed by atoms with E-state index < -0.39 is 0 Å². The molecule has 0 aliphatic heterocycles. The number of hydrogen-bond acceptors (Lipinski definition) is 4. The van der Waals surface area contributed by atoms with Gasteiger partial charge in [-0.3, -0.25) is 4.79 Å². The molecule has 1 N–H and O–H groups in total. The van der Waals surface area contributed by atoms with Gasteiger partial charge in [-0.15, -0.1) is 0 Å². The van der Waals surface area contributed by atoms with Crippen LogP contribution in [0.3, 0.4) is 0 Å². The van der Waals surface area contributed by atoms with Gasteiger partial charge in [0.25, 0.3) is 5.91 Å². The third-order valence-corrected chi connectivity index (χ3v) is 4.60. The van der Waals surface area contributed by atoms with Gasteiger partial charge in [0.1, 0.15) is 5.76 Å². The molecule has 0 fully saturated rings. The van der Waals surface area contributed by atoms with Crippen molar-refractivity contribution < 1.29 is 9.32 Å². The molecule has 0 atom stereocenters. The van der Waals surface area contributed by atoms with Gasteiger partial charge >= 0.3 is 0 Å². The second-order valence-corrected chi connectivity index (χ2v) is 6.70. The van der Waals surface area contributed by atoms with Crippen LogP contribution >= 0.6 is 11.6 Å². The van der Waals surface area contributed by atoms with E-state index >= 15 is 0 Å². The lowest BCUT2D eigenvalue weighted by atomic mass is 9.97. The first kappa shape index (κ1) is 17.2. The molecule has 4 aromatic rings. The number of aryl methyl sites for hydroxylation is 1. The highest BCUT2D eigenvalue weighted by Crippen LogP contribution is 2.30. The van der Waals surface area contributed by atoms with Gasteiger partial charge in [0, 0.05) is 22.0 Å². The normalized spacial score (nSPS) is 10.9. The number of halogens is 1. The van der Waals surface area contributed by atoms with Crippen LogP contribution in [0, 0.1) is 13.8 Å². The van der Waals surface area contributed by atoms with Crippen LogP contribution in [0.5, 0.6) is 0 Å². The number of amides is 1. The Balaban J connectivity index is 1.88. The topological polar surface area (TPSA) is 68.0 Å². The Kier molecular flexibility index (Phi) is 4.38. The number of para-hydroxylation sites is 1. The molecule has 0 aliphatic carbocycles. The third kappa shape index (κ3) is 3.29. The van der Waals surface area contributed by atoms with E-state index in [9.17, 15) is 4.79 Å². The summed E-state index contributed by atoms with van der Waals surface area (Å²) in [4.78, 5) is 17.8. The van der Waals surface area contributed by atoms with Crippen molar-refractivity contribution in [3.05, 3.63) is 76.5 Å². The average Bonchev–Trinajstić information content (AvgIpc) is 3.06. The van der Waals surface area contributed by atoms with Crippen molar-refractivity contribution in [2.24, 2.45) is 0 Å². The molecule has 0 saturated carbocycles. The van der Waals surface area contributed by atoms with Crippen LogP contribution in [0.25, 0.3) is 22.2 Å². The second-order valence-electron chi connectivity index (χ2n) is 6.26. The molecule has 2 aromatic heterocycles. The van der Waals surface area contributed by atoms with Crippen molar-refractivity contribution in [2.45, 2.75) is 13.8 Å². The number of nitrogens with zero attached hydrogens (tertiary/aromatic N) is 2. The molecule has 2 aromatic carbocycles. The first-order chi connectivity index (χ1) is 13.0. The van der Waals surface area contributed by atoms with Crippen LogP contribution in [0.4, 0.5) is 5.82 Å². The standard InChI is InChI=1S/C21H16ClN3O2/c1-12-11-18(25-27-12)24-21(26)19-13(2)20(14-7-9-15(22)10-8-14)23-17-6-4-3-5-16(17)19/h3-11H,1-2H3,(H,24,25,26). The Labute approximate surface area is 161 Å². The zero-order chi connectivity index (χ0) is 19.0. The van der Waals surface area contributed by atoms with E-state index in [1.165, 1.54) is 0 Å². The van der Waals surface area contributed by atoms with E-state index in [0.717, 1.165) is 27.7 Å². The minimum atomic E-state index is -0.255. The Hall–Kier alpha value is -3.18. The van der Waals surface area contributed by atoms with Gasteiger partial charge in [0.2, 0.25) is 0 Å². The number of aromatic nitrogens is 2. The summed E-state index contributed by atoms with van der Waals surface area (Å²) in [6.07, 6.45) is 0. The molecule has 0 radical (unpaired) electrons. The van der Waals surface area contributed by atoms with E-state index in [4.69, 9.17) is 21.1 Å². The molecule has 5 nitrogen and oxygen atoms in total. The number of rotatable bonds is 3. The summed E-state index contributed by atoms with van der Waals surface area (Å²) in [5.41, 5.74) is 3.73. The second kappa shape index (κ2) is 6.85. The maximum Gasteiger partial charge on any atom is 0.257 e. The summed E-state index contributed by atoms with van der Waals surface area (Å²) in [5, 5.41) is 8.08. The molecular formula is C21H16ClN3O2. The number of pyridine rings is 1. The molecule has 4 rings (SSSR count). The number of fused-ring (bicyclic) bond motifs is 1. The Morgan fingerprint density at radius 1 is 1.07 bits per heavy atom. The fourth-order valence-corrected chi connectivity index (χ4v) is 3.22. The van der Waals surface area contributed by atoms with Gasteiger partial charge in [-0.2, -0.15) is 0 Å². The summed E-state index contributed by atoms with van der Waals surface area (Å²) in [6, 6.07) is 16.7. The molecular weight excluding hydrogens is 362 g/mol. The zero-order valence-corrected chi connectivity index (χ0v) is 15.5. The lowest BCUT2D eigenvalue weighted by molar-refractivity contribution is 0.102. The van der Waals surface area contributed by atoms with E-state index in [1.807, 2.05) is 55.5 Å². The number of nitrogens with one attached hydrogen (secondary N) is 1. The summed E-state index contributed by atoms with van der Waals surface area (Å²) in [5.74, 6) is 0.754. The SMILES string of the molecule is Cc1cc(NC(=O)c2c(C)c(-c3ccc(Cl)cc3)nc3ccccc23)no1. The average molecular weight is 378 g/mol. The molecule has 134 valence electrons. The minimum Gasteiger partial charge on any atom is -0.360 e. The highest BCUT2D eigenvalue weighted by Gasteiger charge is 2.19. The maximum absolute atomic E-state index is 13.1. The minimum absolute atomic E-state index is 0.255. The number of carbonyl (C=O) groups is 1. The molecule has 6 heteroatoms. The Morgan fingerprint density at radius 2 is 1.81 bits per heavy atom.